The molecule has 1 fully saturated rings. The van der Waals surface area contributed by atoms with Crippen LogP contribution in [0.3, 0.4) is 0 Å². The van der Waals surface area contributed by atoms with E-state index in [1.807, 2.05) is 7.11 Å². The summed E-state index contributed by atoms with van der Waals surface area (Å²) in [6.07, 6.45) is 5.32. The monoisotopic (exact) mass is 258 g/mol. The molecule has 0 aromatic rings. The lowest BCUT2D eigenvalue weighted by atomic mass is 9.91. The second-order valence-corrected chi connectivity index (χ2v) is 5.54. The van der Waals surface area contributed by atoms with Crippen molar-refractivity contribution in [1.82, 2.24) is 4.90 Å². The first-order chi connectivity index (χ1) is 8.08. The van der Waals surface area contributed by atoms with Crippen molar-refractivity contribution in [2.24, 2.45) is 11.7 Å². The van der Waals surface area contributed by atoms with Gasteiger partial charge in [0, 0.05) is 25.6 Å². The highest BCUT2D eigenvalue weighted by molar-refractivity contribution is 7.80. The van der Waals surface area contributed by atoms with E-state index in [2.05, 4.69) is 18.7 Å². The van der Waals surface area contributed by atoms with Crippen LogP contribution in [0.5, 0.6) is 0 Å². The molecule has 1 saturated carbocycles. The molecule has 3 nitrogen and oxygen atoms in total. The smallest absolute Gasteiger partial charge is 0.0768 e. The summed E-state index contributed by atoms with van der Waals surface area (Å²) in [5.41, 5.74) is 5.70. The van der Waals surface area contributed by atoms with Crippen LogP contribution in [-0.2, 0) is 4.74 Å². The average Bonchev–Trinajstić information content (AvgIpc) is 2.35. The van der Waals surface area contributed by atoms with Crippen molar-refractivity contribution in [3.8, 4) is 0 Å². The van der Waals surface area contributed by atoms with Crippen LogP contribution in [0, 0.1) is 5.92 Å². The van der Waals surface area contributed by atoms with Gasteiger partial charge in [-0.2, -0.15) is 0 Å². The lowest BCUT2D eigenvalue weighted by Gasteiger charge is -2.37. The quantitative estimate of drug-likeness (QED) is 0.741. The lowest BCUT2D eigenvalue weighted by Crippen LogP contribution is -2.44. The SMILES string of the molecule is CCN(CC(C)C(N)=S)C1CCCC(OC)C1. The van der Waals surface area contributed by atoms with Crippen molar-refractivity contribution in [2.75, 3.05) is 20.2 Å². The largest absolute Gasteiger partial charge is 0.393 e. The molecule has 2 N–H and O–H groups in total. The molecule has 0 radical (unpaired) electrons. The molecular weight excluding hydrogens is 232 g/mol. The van der Waals surface area contributed by atoms with Gasteiger partial charge in [0.1, 0.15) is 0 Å². The summed E-state index contributed by atoms with van der Waals surface area (Å²) in [7, 11) is 1.82. The predicted octanol–water partition coefficient (Wildman–Crippen LogP) is 2.19. The van der Waals surface area contributed by atoms with Crippen LogP contribution >= 0.6 is 12.2 Å². The predicted molar refractivity (Wildman–Crippen MR) is 76.2 cm³/mol. The first-order valence-electron chi connectivity index (χ1n) is 6.64. The number of nitrogens with two attached hydrogens (primary N) is 1. The third kappa shape index (κ3) is 4.53. The van der Waals surface area contributed by atoms with Gasteiger partial charge in [-0.3, -0.25) is 4.90 Å². The molecule has 3 atom stereocenters. The van der Waals surface area contributed by atoms with Gasteiger partial charge in [0.05, 0.1) is 11.1 Å². The number of ether oxygens (including phenoxy) is 1. The van der Waals surface area contributed by atoms with Gasteiger partial charge in [-0.05, 0) is 32.2 Å². The van der Waals surface area contributed by atoms with E-state index in [-0.39, 0.29) is 0 Å². The highest BCUT2D eigenvalue weighted by Crippen LogP contribution is 2.25. The molecule has 0 bridgehead atoms. The van der Waals surface area contributed by atoms with E-state index in [9.17, 15) is 0 Å². The van der Waals surface area contributed by atoms with Crippen LogP contribution in [-0.4, -0.2) is 42.2 Å². The van der Waals surface area contributed by atoms with Gasteiger partial charge in [0.15, 0.2) is 0 Å². The molecule has 0 aliphatic heterocycles. The molecule has 0 heterocycles. The van der Waals surface area contributed by atoms with Gasteiger partial charge in [-0.25, -0.2) is 0 Å². The van der Waals surface area contributed by atoms with Crippen molar-refractivity contribution >= 4 is 17.2 Å². The molecule has 1 aliphatic carbocycles. The van der Waals surface area contributed by atoms with E-state index in [0.717, 1.165) is 19.5 Å². The Kier molecular flexibility index (Phi) is 6.38. The van der Waals surface area contributed by atoms with Gasteiger partial charge >= 0.3 is 0 Å². The molecule has 3 unspecified atom stereocenters. The fourth-order valence-electron chi connectivity index (χ4n) is 2.64. The van der Waals surface area contributed by atoms with Crippen molar-refractivity contribution in [2.45, 2.75) is 51.7 Å². The van der Waals surface area contributed by atoms with Crippen molar-refractivity contribution in [1.29, 1.82) is 0 Å². The summed E-state index contributed by atoms with van der Waals surface area (Å²) in [6.45, 7) is 6.37. The molecule has 0 saturated heterocycles. The zero-order chi connectivity index (χ0) is 12.8. The van der Waals surface area contributed by atoms with Crippen LogP contribution in [0.1, 0.15) is 39.5 Å². The summed E-state index contributed by atoms with van der Waals surface area (Å²) >= 11 is 5.06. The van der Waals surface area contributed by atoms with Crippen LogP contribution in [0.2, 0.25) is 0 Å². The zero-order valence-electron chi connectivity index (χ0n) is 11.3. The second kappa shape index (κ2) is 7.29. The zero-order valence-corrected chi connectivity index (χ0v) is 12.1. The van der Waals surface area contributed by atoms with E-state index in [0.29, 0.717) is 23.1 Å². The topological polar surface area (TPSA) is 38.5 Å². The van der Waals surface area contributed by atoms with Crippen molar-refractivity contribution in [3.05, 3.63) is 0 Å². The Hall–Kier alpha value is -0.190. The number of rotatable bonds is 6. The highest BCUT2D eigenvalue weighted by atomic mass is 32.1. The Morgan fingerprint density at radius 1 is 1.53 bits per heavy atom. The van der Waals surface area contributed by atoms with Gasteiger partial charge < -0.3 is 10.5 Å². The first-order valence-corrected chi connectivity index (χ1v) is 7.05. The summed E-state index contributed by atoms with van der Waals surface area (Å²) < 4.78 is 5.49. The van der Waals surface area contributed by atoms with E-state index >= 15 is 0 Å². The number of hydrogen-bond donors (Lipinski definition) is 1. The van der Waals surface area contributed by atoms with Crippen LogP contribution < -0.4 is 5.73 Å². The molecule has 0 aromatic heterocycles. The van der Waals surface area contributed by atoms with E-state index in [4.69, 9.17) is 22.7 Å². The first kappa shape index (κ1) is 14.9. The molecule has 1 rings (SSSR count). The molecule has 100 valence electrons. The Balaban J connectivity index is 2.51. The maximum absolute atomic E-state index is 5.70. The number of thiocarbonyl (C=S) groups is 1. The Bertz CT molecular complexity index is 248. The minimum absolute atomic E-state index is 0.299. The van der Waals surface area contributed by atoms with Crippen LogP contribution in [0.15, 0.2) is 0 Å². The summed E-state index contributed by atoms with van der Waals surface area (Å²) in [5, 5.41) is 0. The summed E-state index contributed by atoms with van der Waals surface area (Å²) in [6, 6.07) is 0.635. The van der Waals surface area contributed by atoms with E-state index in [1.54, 1.807) is 0 Å². The molecule has 0 aromatic carbocycles. The second-order valence-electron chi connectivity index (χ2n) is 5.07. The van der Waals surface area contributed by atoms with E-state index in [1.165, 1.54) is 19.3 Å². The molecule has 0 amide bonds. The Morgan fingerprint density at radius 3 is 2.76 bits per heavy atom. The molecule has 1 aliphatic rings. The third-order valence-electron chi connectivity index (χ3n) is 3.85. The molecule has 17 heavy (non-hydrogen) atoms. The number of methoxy groups -OCH3 is 1. The van der Waals surface area contributed by atoms with Gasteiger partial charge in [0.25, 0.3) is 0 Å². The summed E-state index contributed by atoms with van der Waals surface area (Å²) in [4.78, 5) is 3.14. The Labute approximate surface area is 111 Å². The Morgan fingerprint density at radius 2 is 2.24 bits per heavy atom. The minimum Gasteiger partial charge on any atom is -0.393 e. The average molecular weight is 258 g/mol. The fourth-order valence-corrected chi connectivity index (χ4v) is 2.72. The van der Waals surface area contributed by atoms with Crippen LogP contribution in [0.4, 0.5) is 0 Å². The van der Waals surface area contributed by atoms with Crippen molar-refractivity contribution in [3.63, 3.8) is 0 Å². The normalized spacial score (nSPS) is 27.1. The fraction of sp³-hybridized carbons (Fsp3) is 0.923. The molecule has 4 heteroatoms. The third-order valence-corrected chi connectivity index (χ3v) is 4.25. The maximum atomic E-state index is 5.70. The van der Waals surface area contributed by atoms with Gasteiger partial charge in [-0.15, -0.1) is 0 Å². The maximum Gasteiger partial charge on any atom is 0.0768 e. The highest BCUT2D eigenvalue weighted by Gasteiger charge is 2.26. The van der Waals surface area contributed by atoms with E-state index < -0.39 is 0 Å². The molecular formula is C13H26N2OS. The summed E-state index contributed by atoms with van der Waals surface area (Å²) in [5.74, 6) is 0.299. The van der Waals surface area contributed by atoms with Gasteiger partial charge in [0.2, 0.25) is 0 Å². The standard InChI is InChI=1S/C13H26N2OS/c1-4-15(9-10(2)13(14)17)11-6-5-7-12(8-11)16-3/h10-12H,4-9H2,1-3H3,(H2,14,17). The van der Waals surface area contributed by atoms with Crippen LogP contribution in [0.25, 0.3) is 0 Å². The minimum atomic E-state index is 0.299. The van der Waals surface area contributed by atoms with Gasteiger partial charge in [-0.1, -0.05) is 26.1 Å². The molecule has 0 spiro atoms. The van der Waals surface area contributed by atoms with Crippen molar-refractivity contribution < 1.29 is 4.74 Å². The lowest BCUT2D eigenvalue weighted by molar-refractivity contribution is 0.0277. The number of nitrogens with zero attached hydrogens (tertiary/aromatic N) is 1. The number of hydrogen-bond acceptors (Lipinski definition) is 3.